The summed E-state index contributed by atoms with van der Waals surface area (Å²) in [7, 11) is 1.23. The molecule has 1 aromatic rings. The van der Waals surface area contributed by atoms with E-state index in [4.69, 9.17) is 11.6 Å². The monoisotopic (exact) mass is 325 g/mol. The van der Waals surface area contributed by atoms with Crippen molar-refractivity contribution in [2.24, 2.45) is 0 Å². The molecule has 1 aliphatic heterocycles. The molecule has 1 saturated heterocycles. The van der Waals surface area contributed by atoms with Crippen molar-refractivity contribution in [2.45, 2.75) is 6.92 Å². The highest BCUT2D eigenvalue weighted by Crippen LogP contribution is 2.25. The van der Waals surface area contributed by atoms with Gasteiger partial charge in [0.05, 0.1) is 13.7 Å². The Morgan fingerprint density at radius 3 is 2.59 bits per heavy atom. The van der Waals surface area contributed by atoms with Crippen LogP contribution in [0.1, 0.15) is 5.56 Å². The predicted molar refractivity (Wildman–Crippen MR) is 85.4 cm³/mol. The summed E-state index contributed by atoms with van der Waals surface area (Å²) in [5.41, 5.74) is 2.31. The van der Waals surface area contributed by atoms with Crippen molar-refractivity contribution in [2.75, 3.05) is 44.7 Å². The maximum absolute atomic E-state index is 11.6. The van der Waals surface area contributed by atoms with Gasteiger partial charge < -0.3 is 9.64 Å². The van der Waals surface area contributed by atoms with Crippen molar-refractivity contribution in [1.29, 1.82) is 0 Å². The van der Waals surface area contributed by atoms with Crippen LogP contribution in [0.3, 0.4) is 0 Å². The van der Waals surface area contributed by atoms with E-state index in [0.29, 0.717) is 0 Å². The Balaban J connectivity index is 1.86. The zero-order valence-corrected chi connectivity index (χ0v) is 13.5. The molecule has 0 spiro atoms. The Labute approximate surface area is 135 Å². The molecule has 0 bridgehead atoms. The highest BCUT2D eigenvalue weighted by Gasteiger charge is 2.21. The average molecular weight is 326 g/mol. The molecule has 0 aromatic heterocycles. The Kier molecular flexibility index (Phi) is 5.63. The topological polar surface area (TPSA) is 61.9 Å². The molecule has 1 aromatic carbocycles. The molecule has 1 N–H and O–H groups in total. The molecule has 0 atom stereocenters. The second kappa shape index (κ2) is 7.47. The molecule has 0 radical (unpaired) electrons. The Morgan fingerprint density at radius 2 is 1.95 bits per heavy atom. The van der Waals surface area contributed by atoms with Crippen LogP contribution in [-0.4, -0.2) is 56.7 Å². The summed E-state index contributed by atoms with van der Waals surface area (Å²) in [6.07, 6.45) is -0.724. The fraction of sp³-hybridized carbons (Fsp3) is 0.467. The van der Waals surface area contributed by atoms with Gasteiger partial charge in [-0.15, -0.1) is 0 Å². The van der Waals surface area contributed by atoms with Gasteiger partial charge in [-0.25, -0.2) is 4.79 Å². The van der Waals surface area contributed by atoms with Crippen LogP contribution in [-0.2, 0) is 9.53 Å². The van der Waals surface area contributed by atoms with E-state index in [2.05, 4.69) is 21.9 Å². The fourth-order valence-electron chi connectivity index (χ4n) is 2.48. The van der Waals surface area contributed by atoms with Crippen molar-refractivity contribution in [3.05, 3.63) is 28.8 Å². The lowest BCUT2D eigenvalue weighted by atomic mass is 10.1. The number of methoxy groups -OCH3 is 1. The van der Waals surface area contributed by atoms with Gasteiger partial charge in [-0.2, -0.15) is 0 Å². The highest BCUT2D eigenvalue weighted by molar-refractivity contribution is 6.30. The SMILES string of the molecule is COC(=O)NC(=O)CN1CCN(c2cc(Cl)ccc2C)CC1. The normalized spacial score (nSPS) is 15.5. The number of halogens is 1. The molecule has 120 valence electrons. The number of ether oxygens (including phenoxy) is 1. The number of amides is 2. The van der Waals surface area contributed by atoms with Crippen LogP contribution in [0.5, 0.6) is 0 Å². The summed E-state index contributed by atoms with van der Waals surface area (Å²) < 4.78 is 4.40. The number of nitrogens with zero attached hydrogens (tertiary/aromatic N) is 2. The number of rotatable bonds is 3. The van der Waals surface area contributed by atoms with E-state index in [-0.39, 0.29) is 12.5 Å². The number of aryl methyl sites for hydroxylation is 1. The van der Waals surface area contributed by atoms with E-state index < -0.39 is 6.09 Å². The number of hydrogen-bond donors (Lipinski definition) is 1. The zero-order chi connectivity index (χ0) is 16.1. The highest BCUT2D eigenvalue weighted by atomic mass is 35.5. The minimum absolute atomic E-state index is 0.192. The Morgan fingerprint density at radius 1 is 1.27 bits per heavy atom. The Hall–Kier alpha value is -1.79. The largest absolute Gasteiger partial charge is 0.453 e. The van der Waals surface area contributed by atoms with Crippen LogP contribution in [0.15, 0.2) is 18.2 Å². The first kappa shape index (κ1) is 16.6. The van der Waals surface area contributed by atoms with Crippen LogP contribution < -0.4 is 10.2 Å². The number of piperazine rings is 1. The molecule has 7 heteroatoms. The second-order valence-electron chi connectivity index (χ2n) is 5.23. The molecule has 0 aliphatic carbocycles. The number of carbonyl (C=O) groups excluding carboxylic acids is 2. The summed E-state index contributed by atoms with van der Waals surface area (Å²) >= 11 is 6.06. The number of benzene rings is 1. The lowest BCUT2D eigenvalue weighted by Crippen LogP contribution is -2.50. The lowest BCUT2D eigenvalue weighted by molar-refractivity contribution is -0.121. The van der Waals surface area contributed by atoms with E-state index in [1.54, 1.807) is 0 Å². The van der Waals surface area contributed by atoms with Crippen LogP contribution in [0.2, 0.25) is 5.02 Å². The third-order valence-corrected chi connectivity index (χ3v) is 3.91. The van der Waals surface area contributed by atoms with Gasteiger partial charge in [0.25, 0.3) is 0 Å². The molecule has 2 rings (SSSR count). The van der Waals surface area contributed by atoms with Gasteiger partial charge in [0.2, 0.25) is 5.91 Å². The second-order valence-corrected chi connectivity index (χ2v) is 5.67. The van der Waals surface area contributed by atoms with Gasteiger partial charge in [0.15, 0.2) is 0 Å². The van der Waals surface area contributed by atoms with E-state index in [1.165, 1.54) is 12.7 Å². The predicted octanol–water partition coefficient (Wildman–Crippen LogP) is 1.65. The fourth-order valence-corrected chi connectivity index (χ4v) is 2.64. The Bertz CT molecular complexity index is 557. The first-order valence-electron chi connectivity index (χ1n) is 7.11. The molecular formula is C15H20ClN3O3. The van der Waals surface area contributed by atoms with Crippen molar-refractivity contribution < 1.29 is 14.3 Å². The first-order valence-corrected chi connectivity index (χ1v) is 7.48. The number of carbonyl (C=O) groups is 2. The van der Waals surface area contributed by atoms with Gasteiger partial charge in [-0.1, -0.05) is 17.7 Å². The van der Waals surface area contributed by atoms with E-state index in [9.17, 15) is 9.59 Å². The number of imide groups is 1. The molecule has 2 amide bonds. The van der Waals surface area contributed by atoms with E-state index in [0.717, 1.165) is 36.9 Å². The first-order chi connectivity index (χ1) is 10.5. The van der Waals surface area contributed by atoms with Crippen LogP contribution in [0, 0.1) is 6.92 Å². The maximum atomic E-state index is 11.6. The van der Waals surface area contributed by atoms with Crippen molar-refractivity contribution in [3.8, 4) is 0 Å². The minimum Gasteiger partial charge on any atom is -0.453 e. The quantitative estimate of drug-likeness (QED) is 0.915. The van der Waals surface area contributed by atoms with Gasteiger partial charge in [0.1, 0.15) is 0 Å². The van der Waals surface area contributed by atoms with Crippen molar-refractivity contribution in [1.82, 2.24) is 10.2 Å². The van der Waals surface area contributed by atoms with Gasteiger partial charge in [0, 0.05) is 36.9 Å². The van der Waals surface area contributed by atoms with E-state index in [1.807, 2.05) is 23.1 Å². The number of nitrogens with one attached hydrogen (secondary N) is 1. The number of anilines is 1. The smallest absolute Gasteiger partial charge is 0.413 e. The zero-order valence-electron chi connectivity index (χ0n) is 12.8. The number of hydrogen-bond acceptors (Lipinski definition) is 5. The van der Waals surface area contributed by atoms with Crippen LogP contribution >= 0.6 is 11.6 Å². The van der Waals surface area contributed by atoms with Crippen LogP contribution in [0.25, 0.3) is 0 Å². The molecule has 22 heavy (non-hydrogen) atoms. The van der Waals surface area contributed by atoms with Gasteiger partial charge in [-0.3, -0.25) is 15.0 Å². The average Bonchev–Trinajstić information content (AvgIpc) is 2.50. The molecule has 1 fully saturated rings. The number of alkyl carbamates (subject to hydrolysis) is 1. The summed E-state index contributed by atoms with van der Waals surface area (Å²) in [6, 6.07) is 5.86. The minimum atomic E-state index is -0.724. The summed E-state index contributed by atoms with van der Waals surface area (Å²) in [6.45, 7) is 5.37. The third-order valence-electron chi connectivity index (χ3n) is 3.68. The molecule has 1 aliphatic rings. The standard InChI is InChI=1S/C15H20ClN3O3/c1-11-3-4-12(16)9-13(11)19-7-5-18(6-8-19)10-14(20)17-15(21)22-2/h3-4,9H,5-8,10H2,1-2H3,(H,17,20,21). The summed E-state index contributed by atoms with van der Waals surface area (Å²) in [4.78, 5) is 26.9. The molecule has 0 unspecified atom stereocenters. The lowest BCUT2D eigenvalue weighted by Gasteiger charge is -2.36. The van der Waals surface area contributed by atoms with Gasteiger partial charge in [-0.05, 0) is 24.6 Å². The maximum Gasteiger partial charge on any atom is 0.413 e. The summed E-state index contributed by atoms with van der Waals surface area (Å²) in [5.74, 6) is -0.348. The van der Waals surface area contributed by atoms with Crippen molar-refractivity contribution in [3.63, 3.8) is 0 Å². The third kappa shape index (κ3) is 4.35. The van der Waals surface area contributed by atoms with E-state index >= 15 is 0 Å². The molecule has 0 saturated carbocycles. The van der Waals surface area contributed by atoms with Crippen LogP contribution in [0.4, 0.5) is 10.5 Å². The van der Waals surface area contributed by atoms with Gasteiger partial charge >= 0.3 is 6.09 Å². The summed E-state index contributed by atoms with van der Waals surface area (Å²) in [5, 5.41) is 2.89. The molecule has 6 nitrogen and oxygen atoms in total. The van der Waals surface area contributed by atoms with Crippen molar-refractivity contribution >= 4 is 29.3 Å². The molecule has 1 heterocycles. The molecular weight excluding hydrogens is 306 g/mol.